The molecule has 0 aliphatic carbocycles. The van der Waals surface area contributed by atoms with Crippen molar-refractivity contribution in [1.82, 2.24) is 5.32 Å². The van der Waals surface area contributed by atoms with Gasteiger partial charge in [-0.1, -0.05) is 19.9 Å². The van der Waals surface area contributed by atoms with Crippen LogP contribution in [0.25, 0.3) is 0 Å². The van der Waals surface area contributed by atoms with Gasteiger partial charge >= 0.3 is 0 Å². The van der Waals surface area contributed by atoms with Crippen molar-refractivity contribution in [2.75, 3.05) is 13.1 Å². The van der Waals surface area contributed by atoms with Crippen molar-refractivity contribution in [3.63, 3.8) is 0 Å². The number of rotatable bonds is 4. The maximum Gasteiger partial charge on any atom is 0.133 e. The molecule has 1 N–H and O–H groups in total. The minimum Gasteiger partial charge on any atom is -0.488 e. The third-order valence-electron chi connectivity index (χ3n) is 3.45. The van der Waals surface area contributed by atoms with Crippen LogP contribution in [-0.4, -0.2) is 19.2 Å². The Morgan fingerprint density at radius 1 is 1.53 bits per heavy atom. The summed E-state index contributed by atoms with van der Waals surface area (Å²) in [4.78, 5) is 0. The molecule has 0 unspecified atom stereocenters. The summed E-state index contributed by atoms with van der Waals surface area (Å²) in [5.41, 5.74) is 1.37. The van der Waals surface area contributed by atoms with Gasteiger partial charge in [-0.2, -0.15) is 0 Å². The van der Waals surface area contributed by atoms with E-state index in [4.69, 9.17) is 4.74 Å². The Labute approximate surface area is 112 Å². The predicted molar refractivity (Wildman–Crippen MR) is 74.8 cm³/mol. The second-order valence-electron chi connectivity index (χ2n) is 4.73. The zero-order valence-corrected chi connectivity index (χ0v) is 12.1. The standard InChI is InChI=1S/C14H20BrNO/c1-3-10(2)11-4-5-14(13(15)8-11)17-12-6-7-16-9-12/h4-5,8,10,12,16H,3,6-7,9H2,1-2H3/t10-,12-/m0/s1. The van der Waals surface area contributed by atoms with Gasteiger partial charge in [0.15, 0.2) is 0 Å². The Morgan fingerprint density at radius 3 is 2.94 bits per heavy atom. The Balaban J connectivity index is 2.08. The van der Waals surface area contributed by atoms with Crippen molar-refractivity contribution in [2.24, 2.45) is 0 Å². The minimum atomic E-state index is 0.320. The van der Waals surface area contributed by atoms with Gasteiger partial charge in [0.2, 0.25) is 0 Å². The predicted octanol–water partition coefficient (Wildman–Crippen LogP) is 3.70. The maximum absolute atomic E-state index is 5.97. The molecule has 1 fully saturated rings. The highest BCUT2D eigenvalue weighted by atomic mass is 79.9. The highest BCUT2D eigenvalue weighted by Crippen LogP contribution is 2.31. The number of hydrogen-bond acceptors (Lipinski definition) is 2. The third kappa shape index (κ3) is 3.23. The van der Waals surface area contributed by atoms with E-state index in [1.54, 1.807) is 0 Å². The molecular weight excluding hydrogens is 278 g/mol. The van der Waals surface area contributed by atoms with Crippen LogP contribution in [0.15, 0.2) is 22.7 Å². The van der Waals surface area contributed by atoms with Gasteiger partial charge in [-0.3, -0.25) is 0 Å². The summed E-state index contributed by atoms with van der Waals surface area (Å²) in [6.07, 6.45) is 2.58. The summed E-state index contributed by atoms with van der Waals surface area (Å²) in [6.45, 7) is 6.49. The molecule has 1 aliphatic rings. The molecule has 1 aliphatic heterocycles. The van der Waals surface area contributed by atoms with Crippen LogP contribution in [0.4, 0.5) is 0 Å². The van der Waals surface area contributed by atoms with Gasteiger partial charge in [-0.15, -0.1) is 0 Å². The van der Waals surface area contributed by atoms with E-state index < -0.39 is 0 Å². The lowest BCUT2D eigenvalue weighted by Crippen LogP contribution is -2.19. The summed E-state index contributed by atoms with van der Waals surface area (Å²) >= 11 is 3.61. The lowest BCUT2D eigenvalue weighted by atomic mass is 9.99. The average Bonchev–Trinajstić information content (AvgIpc) is 2.83. The van der Waals surface area contributed by atoms with E-state index >= 15 is 0 Å². The summed E-state index contributed by atoms with van der Waals surface area (Å²) in [6, 6.07) is 6.45. The SMILES string of the molecule is CC[C@H](C)c1ccc(O[C@H]2CCNC2)c(Br)c1. The first-order chi connectivity index (χ1) is 8.20. The number of nitrogens with one attached hydrogen (secondary N) is 1. The largest absolute Gasteiger partial charge is 0.488 e. The van der Waals surface area contributed by atoms with Gasteiger partial charge in [0.1, 0.15) is 11.9 Å². The van der Waals surface area contributed by atoms with Crippen molar-refractivity contribution < 1.29 is 4.74 Å². The van der Waals surface area contributed by atoms with E-state index in [-0.39, 0.29) is 0 Å². The van der Waals surface area contributed by atoms with E-state index in [0.717, 1.165) is 29.7 Å². The molecule has 94 valence electrons. The molecule has 1 aromatic carbocycles. The van der Waals surface area contributed by atoms with E-state index in [0.29, 0.717) is 12.0 Å². The summed E-state index contributed by atoms with van der Waals surface area (Å²) in [7, 11) is 0. The van der Waals surface area contributed by atoms with Crippen LogP contribution in [0.2, 0.25) is 0 Å². The van der Waals surface area contributed by atoms with Gasteiger partial charge < -0.3 is 10.1 Å². The number of halogens is 1. The summed E-state index contributed by atoms with van der Waals surface area (Å²) in [5.74, 6) is 1.57. The van der Waals surface area contributed by atoms with Crippen molar-refractivity contribution >= 4 is 15.9 Å². The molecule has 2 nitrogen and oxygen atoms in total. The van der Waals surface area contributed by atoms with E-state index in [1.807, 2.05) is 0 Å². The monoisotopic (exact) mass is 297 g/mol. The Bertz CT molecular complexity index is 374. The zero-order chi connectivity index (χ0) is 12.3. The molecule has 0 amide bonds. The quantitative estimate of drug-likeness (QED) is 0.915. The molecule has 1 aromatic rings. The van der Waals surface area contributed by atoms with Crippen LogP contribution in [-0.2, 0) is 0 Å². The van der Waals surface area contributed by atoms with E-state index in [9.17, 15) is 0 Å². The number of ether oxygens (including phenoxy) is 1. The molecule has 3 heteroatoms. The molecule has 0 bridgehead atoms. The van der Waals surface area contributed by atoms with Crippen LogP contribution in [0.1, 0.15) is 38.2 Å². The first-order valence-electron chi connectivity index (χ1n) is 6.37. The Morgan fingerprint density at radius 2 is 2.35 bits per heavy atom. The lowest BCUT2D eigenvalue weighted by Gasteiger charge is -2.16. The van der Waals surface area contributed by atoms with E-state index in [1.165, 1.54) is 12.0 Å². The molecule has 0 radical (unpaired) electrons. The minimum absolute atomic E-state index is 0.320. The molecule has 0 saturated carbocycles. The molecule has 0 spiro atoms. The number of benzene rings is 1. The molecule has 1 saturated heterocycles. The Hall–Kier alpha value is -0.540. The Kier molecular flexibility index (Phi) is 4.46. The van der Waals surface area contributed by atoms with E-state index in [2.05, 4.69) is 53.3 Å². The zero-order valence-electron chi connectivity index (χ0n) is 10.5. The van der Waals surface area contributed by atoms with Crippen molar-refractivity contribution in [3.05, 3.63) is 28.2 Å². The van der Waals surface area contributed by atoms with Crippen LogP contribution in [0.3, 0.4) is 0 Å². The second-order valence-corrected chi connectivity index (χ2v) is 5.59. The topological polar surface area (TPSA) is 21.3 Å². The summed E-state index contributed by atoms with van der Waals surface area (Å²) in [5, 5.41) is 3.31. The average molecular weight is 298 g/mol. The van der Waals surface area contributed by atoms with Crippen LogP contribution < -0.4 is 10.1 Å². The first-order valence-corrected chi connectivity index (χ1v) is 7.16. The highest BCUT2D eigenvalue weighted by molar-refractivity contribution is 9.10. The van der Waals surface area contributed by atoms with Crippen molar-refractivity contribution in [2.45, 2.75) is 38.7 Å². The first kappa shape index (κ1) is 12.9. The molecule has 17 heavy (non-hydrogen) atoms. The summed E-state index contributed by atoms with van der Waals surface area (Å²) < 4.78 is 7.04. The maximum atomic E-state index is 5.97. The van der Waals surface area contributed by atoms with Gasteiger partial charge in [0.25, 0.3) is 0 Å². The van der Waals surface area contributed by atoms with Gasteiger partial charge in [-0.05, 0) is 58.9 Å². The van der Waals surface area contributed by atoms with Gasteiger partial charge in [-0.25, -0.2) is 0 Å². The second kappa shape index (κ2) is 5.87. The molecule has 2 atom stereocenters. The lowest BCUT2D eigenvalue weighted by molar-refractivity contribution is 0.221. The molecule has 0 aromatic heterocycles. The molecule has 2 rings (SSSR count). The highest BCUT2D eigenvalue weighted by Gasteiger charge is 2.17. The molecule has 1 heterocycles. The van der Waals surface area contributed by atoms with Crippen LogP contribution >= 0.6 is 15.9 Å². The van der Waals surface area contributed by atoms with Gasteiger partial charge in [0.05, 0.1) is 4.47 Å². The van der Waals surface area contributed by atoms with Crippen LogP contribution in [0, 0.1) is 0 Å². The number of hydrogen-bond donors (Lipinski definition) is 1. The molecular formula is C14H20BrNO. The normalized spacial score (nSPS) is 21.5. The van der Waals surface area contributed by atoms with Gasteiger partial charge in [0, 0.05) is 6.54 Å². The van der Waals surface area contributed by atoms with Crippen molar-refractivity contribution in [1.29, 1.82) is 0 Å². The third-order valence-corrected chi connectivity index (χ3v) is 4.07. The van der Waals surface area contributed by atoms with Crippen molar-refractivity contribution in [3.8, 4) is 5.75 Å². The fourth-order valence-electron chi connectivity index (χ4n) is 2.06. The smallest absolute Gasteiger partial charge is 0.133 e. The fraction of sp³-hybridized carbons (Fsp3) is 0.571. The van der Waals surface area contributed by atoms with Crippen LogP contribution in [0.5, 0.6) is 5.75 Å². The fourth-order valence-corrected chi connectivity index (χ4v) is 2.55.